The number of carbonyl (C=O) groups excluding carboxylic acids is 1. The van der Waals surface area contributed by atoms with Gasteiger partial charge in [-0.25, -0.2) is 22.5 Å². The van der Waals surface area contributed by atoms with Gasteiger partial charge in [0, 0.05) is 52.7 Å². The molecule has 1 fully saturated rings. The molecule has 186 valence electrons. The van der Waals surface area contributed by atoms with E-state index < -0.39 is 10.0 Å². The van der Waals surface area contributed by atoms with Crippen LogP contribution >= 0.6 is 0 Å². The van der Waals surface area contributed by atoms with Crippen molar-refractivity contribution in [1.82, 2.24) is 13.9 Å². The van der Waals surface area contributed by atoms with Crippen LogP contribution in [0.4, 0.5) is 0 Å². The maximum atomic E-state index is 12.8. The van der Waals surface area contributed by atoms with Crippen molar-refractivity contribution in [2.24, 2.45) is 13.0 Å². The highest BCUT2D eigenvalue weighted by molar-refractivity contribution is 7.92. The molecule has 0 bridgehead atoms. The van der Waals surface area contributed by atoms with E-state index in [0.717, 1.165) is 24.2 Å². The lowest BCUT2D eigenvalue weighted by molar-refractivity contribution is -0.435. The Morgan fingerprint density at radius 3 is 2.62 bits per heavy atom. The molecular weight excluding hydrogens is 452 g/mol. The average Bonchev–Trinajstić information content (AvgIpc) is 3.23. The van der Waals surface area contributed by atoms with Crippen LogP contribution in [0.1, 0.15) is 38.9 Å². The summed E-state index contributed by atoms with van der Waals surface area (Å²) < 4.78 is 35.6. The lowest BCUT2D eigenvalue weighted by atomic mass is 10.0. The van der Waals surface area contributed by atoms with Gasteiger partial charge in [0.15, 0.2) is 6.54 Å². The summed E-state index contributed by atoms with van der Waals surface area (Å²) in [6, 6.07) is 0. The van der Waals surface area contributed by atoms with E-state index in [2.05, 4.69) is 18.3 Å². The summed E-state index contributed by atoms with van der Waals surface area (Å²) in [6.07, 6.45) is 12.6. The number of aromatic nitrogens is 2. The summed E-state index contributed by atoms with van der Waals surface area (Å²) in [5.41, 5.74) is 1.26. The molecule has 0 spiro atoms. The molecular formula is C25H37N4O4S+. The molecule has 2 rings (SSSR count). The number of ether oxygens (including phenoxy) is 1. The number of nitrogens with zero attached hydrogens (tertiary/aromatic N) is 4. The second-order valence-electron chi connectivity index (χ2n) is 8.71. The lowest BCUT2D eigenvalue weighted by Gasteiger charge is -2.26. The van der Waals surface area contributed by atoms with E-state index in [1.54, 1.807) is 44.5 Å². The van der Waals surface area contributed by atoms with Crippen molar-refractivity contribution in [2.75, 3.05) is 33.4 Å². The molecule has 34 heavy (non-hydrogen) atoms. The number of sulfonamides is 1. The number of allylic oxidation sites excluding steroid dienone is 3. The van der Waals surface area contributed by atoms with Crippen molar-refractivity contribution >= 4 is 28.7 Å². The molecule has 9 heteroatoms. The first-order chi connectivity index (χ1) is 16.0. The van der Waals surface area contributed by atoms with E-state index in [1.165, 1.54) is 8.88 Å². The summed E-state index contributed by atoms with van der Waals surface area (Å²) in [5.74, 6) is 0.772. The zero-order valence-electron chi connectivity index (χ0n) is 20.7. The highest BCUT2D eigenvalue weighted by Crippen LogP contribution is 2.20. The molecule has 0 N–H and O–H groups in total. The Morgan fingerprint density at radius 1 is 1.32 bits per heavy atom. The third kappa shape index (κ3) is 8.00. The molecule has 0 radical (unpaired) electrons. The second-order valence-corrected chi connectivity index (χ2v) is 10.9. The van der Waals surface area contributed by atoms with E-state index in [-0.39, 0.29) is 10.8 Å². The molecule has 0 aromatic carbocycles. The van der Waals surface area contributed by atoms with Crippen LogP contribution in [0.2, 0.25) is 0 Å². The molecule has 0 unspecified atom stereocenters. The van der Waals surface area contributed by atoms with Crippen LogP contribution in [0, 0.1) is 5.92 Å². The van der Waals surface area contributed by atoms with Crippen molar-refractivity contribution in [3.8, 4) is 0 Å². The Morgan fingerprint density at radius 2 is 2.00 bits per heavy atom. The fourth-order valence-corrected chi connectivity index (χ4v) is 4.60. The van der Waals surface area contributed by atoms with Gasteiger partial charge in [0.1, 0.15) is 12.5 Å². The molecule has 1 amide bonds. The summed E-state index contributed by atoms with van der Waals surface area (Å²) in [5, 5.41) is 0. The standard InChI is InChI=1S/C25H37N4O4S/c1-20(7-9-22(3)34(31,32)29(6)19-23-12-17-33-18-13-23)11-15-28(5)25(30)21(2)8-10-24-26-14-16-27(24)4/h7-10,14,16,23H,2,5,11-13,15,17-19H2,1,3-4,6H3/q+1. The number of aryl methyl sites for hydroxylation is 1. The first-order valence-electron chi connectivity index (χ1n) is 11.4. The van der Waals surface area contributed by atoms with Crippen LogP contribution in [0.5, 0.6) is 0 Å². The Balaban J connectivity index is 1.88. The van der Waals surface area contributed by atoms with Crippen molar-refractivity contribution in [1.29, 1.82) is 0 Å². The summed E-state index contributed by atoms with van der Waals surface area (Å²) in [4.78, 5) is 17.0. The zero-order chi connectivity index (χ0) is 25.3. The molecule has 0 atom stereocenters. The molecule has 1 saturated heterocycles. The number of hydrogen-bond donors (Lipinski definition) is 0. The van der Waals surface area contributed by atoms with Crippen molar-refractivity contribution in [2.45, 2.75) is 33.1 Å². The SMILES string of the molecule is C=C(C=Cc1nccn1C)C(=O)[N+](=C)CCC(C)=CC=C(C)S(=O)(=O)N(C)CC1CCOCC1. The van der Waals surface area contributed by atoms with Crippen molar-refractivity contribution < 1.29 is 22.5 Å². The molecule has 0 aliphatic carbocycles. The zero-order valence-corrected chi connectivity index (χ0v) is 21.6. The molecule has 1 aromatic rings. The minimum Gasteiger partial charge on any atom is -0.381 e. The largest absolute Gasteiger partial charge is 0.418 e. The first kappa shape index (κ1) is 27.6. The number of imidazole rings is 1. The lowest BCUT2D eigenvalue weighted by Crippen LogP contribution is -2.34. The van der Waals surface area contributed by atoms with Gasteiger partial charge in [-0.05, 0) is 50.8 Å². The van der Waals surface area contributed by atoms with E-state index in [9.17, 15) is 13.2 Å². The normalized spacial score (nSPS) is 16.4. The molecule has 8 nitrogen and oxygen atoms in total. The van der Waals surface area contributed by atoms with E-state index >= 15 is 0 Å². The van der Waals surface area contributed by atoms with Gasteiger partial charge in [-0.3, -0.25) is 0 Å². The molecule has 2 heterocycles. The predicted molar refractivity (Wildman–Crippen MR) is 136 cm³/mol. The fourth-order valence-electron chi connectivity index (χ4n) is 3.47. The highest BCUT2D eigenvalue weighted by Gasteiger charge is 2.24. The Kier molecular flexibility index (Phi) is 10.3. The van der Waals surface area contributed by atoms with Crippen LogP contribution in [0.3, 0.4) is 0 Å². The van der Waals surface area contributed by atoms with Crippen molar-refractivity contribution in [3.63, 3.8) is 0 Å². The third-order valence-electron chi connectivity index (χ3n) is 5.91. The number of carbonyl (C=O) groups is 1. The van der Waals surface area contributed by atoms with Gasteiger partial charge in [0.2, 0.25) is 10.0 Å². The molecule has 0 saturated carbocycles. The van der Waals surface area contributed by atoms with Crippen LogP contribution in [-0.2, 0) is 26.6 Å². The number of amides is 1. The van der Waals surface area contributed by atoms with Crippen LogP contribution < -0.4 is 0 Å². The van der Waals surface area contributed by atoms with Gasteiger partial charge < -0.3 is 9.30 Å². The Bertz CT molecular complexity index is 1090. The number of rotatable bonds is 11. The smallest absolute Gasteiger partial charge is 0.381 e. The van der Waals surface area contributed by atoms with Crippen LogP contribution in [-0.4, -0.2) is 72.8 Å². The summed E-state index contributed by atoms with van der Waals surface area (Å²) >= 11 is 0. The maximum Gasteiger partial charge on any atom is 0.418 e. The maximum absolute atomic E-state index is 12.8. The van der Waals surface area contributed by atoms with Gasteiger partial charge in [0.05, 0.1) is 10.5 Å². The predicted octanol–water partition coefficient (Wildman–Crippen LogP) is 3.16. The average molecular weight is 490 g/mol. The molecule has 1 aromatic heterocycles. The quantitative estimate of drug-likeness (QED) is 0.206. The van der Waals surface area contributed by atoms with Gasteiger partial charge in [-0.1, -0.05) is 18.2 Å². The van der Waals surface area contributed by atoms with Gasteiger partial charge in [-0.2, -0.15) is 4.58 Å². The topological polar surface area (TPSA) is 84.5 Å². The van der Waals surface area contributed by atoms with Crippen LogP contribution in [0.15, 0.2) is 53.3 Å². The van der Waals surface area contributed by atoms with Gasteiger partial charge >= 0.3 is 5.91 Å². The first-order valence-corrected chi connectivity index (χ1v) is 12.8. The van der Waals surface area contributed by atoms with Gasteiger partial charge in [-0.15, -0.1) is 0 Å². The highest BCUT2D eigenvalue weighted by atomic mass is 32.2. The Labute approximate surface area is 203 Å². The second kappa shape index (κ2) is 12.7. The fraction of sp³-hybridized carbons (Fsp3) is 0.480. The van der Waals surface area contributed by atoms with E-state index in [0.29, 0.717) is 44.2 Å². The third-order valence-corrected chi connectivity index (χ3v) is 7.83. The van der Waals surface area contributed by atoms with Gasteiger partial charge in [0.25, 0.3) is 0 Å². The molecule has 1 aliphatic heterocycles. The van der Waals surface area contributed by atoms with Crippen LogP contribution in [0.25, 0.3) is 6.08 Å². The minimum atomic E-state index is -3.51. The van der Waals surface area contributed by atoms with E-state index in [1.807, 2.05) is 24.7 Å². The summed E-state index contributed by atoms with van der Waals surface area (Å²) in [6.45, 7) is 13.4. The number of hydrogen-bond acceptors (Lipinski definition) is 5. The minimum absolute atomic E-state index is 0.276. The van der Waals surface area contributed by atoms with E-state index in [4.69, 9.17) is 4.74 Å². The monoisotopic (exact) mass is 489 g/mol. The Hall–Kier alpha value is -2.62. The van der Waals surface area contributed by atoms with Crippen molar-refractivity contribution in [3.05, 3.63) is 59.1 Å². The molecule has 1 aliphatic rings. The summed E-state index contributed by atoms with van der Waals surface area (Å²) in [7, 11) is -0.0201.